The summed E-state index contributed by atoms with van der Waals surface area (Å²) in [6.45, 7) is -1.80. The minimum absolute atomic E-state index is 0.303. The van der Waals surface area contributed by atoms with Gasteiger partial charge in [-0.3, -0.25) is 19.0 Å². The van der Waals surface area contributed by atoms with E-state index in [9.17, 15) is 14.4 Å². The first kappa shape index (κ1) is 8.07. The van der Waals surface area contributed by atoms with Crippen LogP contribution in [-0.4, -0.2) is 21.1 Å². The summed E-state index contributed by atoms with van der Waals surface area (Å²) < 4.78 is 47.3. The molecule has 0 aliphatic heterocycles. The Bertz CT molecular complexity index is 1050. The third-order valence-corrected chi connectivity index (χ3v) is 3.39. The molecule has 0 spiro atoms. The van der Waals surface area contributed by atoms with Crippen molar-refractivity contribution in [3.05, 3.63) is 34.3 Å². The summed E-state index contributed by atoms with van der Waals surface area (Å²) in [7, 11) is 0. The number of benzene rings is 1. The number of anilines is 1. The molecule has 21 heavy (non-hydrogen) atoms. The lowest BCUT2D eigenvalue weighted by atomic mass is 9.92. The molecule has 1 aromatic carbocycles. The topological polar surface area (TPSA) is 95.0 Å². The fourth-order valence-electron chi connectivity index (χ4n) is 2.39. The highest BCUT2D eigenvalue weighted by Gasteiger charge is 2.30. The molecule has 1 aliphatic rings. The second-order valence-corrected chi connectivity index (χ2v) is 4.72. The summed E-state index contributed by atoms with van der Waals surface area (Å²) in [5.41, 5.74) is 4.14. The summed E-state index contributed by atoms with van der Waals surface area (Å²) in [6.07, 6.45) is -2.08. The number of aryl methyl sites for hydroxylation is 1. The minimum atomic E-state index is -1.80. The Balaban J connectivity index is 2.41. The van der Waals surface area contributed by atoms with Crippen molar-refractivity contribution in [3.63, 3.8) is 0 Å². The van der Waals surface area contributed by atoms with Crippen LogP contribution in [0, 0.1) is 6.88 Å². The van der Waals surface area contributed by atoms with Crippen LogP contribution in [0.2, 0.25) is 0 Å². The standard InChI is InChI=1S/C15H15N3O3/c1-8-17-11-4-2-3-10(16)14(11)15(21)18(8)12-6-5-9(19)7-13(12)20/h2-4,12H,5-7,16H2,1H3/i1D2,2D,3D,4D,5D. The zero-order valence-electron chi connectivity index (χ0n) is 16.8. The quantitative estimate of drug-likeness (QED) is 0.628. The number of rotatable bonds is 1. The van der Waals surface area contributed by atoms with E-state index in [4.69, 9.17) is 14.0 Å². The van der Waals surface area contributed by atoms with E-state index in [1.165, 1.54) is 0 Å². The van der Waals surface area contributed by atoms with E-state index in [-0.39, 0.29) is 17.3 Å². The van der Waals surface area contributed by atoms with Crippen LogP contribution in [0.5, 0.6) is 0 Å². The van der Waals surface area contributed by atoms with E-state index >= 15 is 0 Å². The number of carbonyl (C=O) groups excluding carboxylic acids is 2. The predicted octanol–water partition coefficient (Wildman–Crippen LogP) is 1.15. The first-order valence-corrected chi connectivity index (χ1v) is 6.19. The van der Waals surface area contributed by atoms with E-state index in [0.29, 0.717) is 0 Å². The molecule has 1 aromatic heterocycles. The van der Waals surface area contributed by atoms with Crippen molar-refractivity contribution in [1.29, 1.82) is 0 Å². The van der Waals surface area contributed by atoms with E-state index in [2.05, 4.69) is 4.98 Å². The van der Waals surface area contributed by atoms with Crippen LogP contribution in [0.3, 0.4) is 0 Å². The largest absolute Gasteiger partial charge is 0.398 e. The Morgan fingerprint density at radius 3 is 3.05 bits per heavy atom. The Kier molecular flexibility index (Phi) is 1.84. The van der Waals surface area contributed by atoms with Gasteiger partial charge >= 0.3 is 0 Å². The van der Waals surface area contributed by atoms with Crippen LogP contribution >= 0.6 is 0 Å². The molecule has 0 radical (unpaired) electrons. The van der Waals surface area contributed by atoms with Gasteiger partial charge < -0.3 is 5.73 Å². The monoisotopic (exact) mass is 291 g/mol. The van der Waals surface area contributed by atoms with Crippen LogP contribution in [-0.2, 0) is 9.59 Å². The molecule has 2 aromatic rings. The van der Waals surface area contributed by atoms with Gasteiger partial charge in [0.1, 0.15) is 11.6 Å². The summed E-state index contributed by atoms with van der Waals surface area (Å²) in [4.78, 5) is 41.0. The van der Waals surface area contributed by atoms with Gasteiger partial charge in [0.15, 0.2) is 5.78 Å². The molecule has 1 heterocycles. The second-order valence-electron chi connectivity index (χ2n) is 4.72. The maximum absolute atomic E-state index is 13.1. The fraction of sp³-hybridized carbons (Fsp3) is 0.333. The number of hydrogen-bond donors (Lipinski definition) is 1. The molecule has 1 saturated carbocycles. The fourth-order valence-corrected chi connectivity index (χ4v) is 2.39. The van der Waals surface area contributed by atoms with E-state index in [1.54, 1.807) is 0 Å². The molecule has 0 saturated heterocycles. The molecule has 2 N–H and O–H groups in total. The highest BCUT2D eigenvalue weighted by Crippen LogP contribution is 2.24. The Labute approximate surface area is 129 Å². The molecule has 3 rings (SSSR count). The molecule has 2 atom stereocenters. The van der Waals surface area contributed by atoms with Gasteiger partial charge in [0, 0.05) is 16.2 Å². The van der Waals surface area contributed by atoms with Crippen LogP contribution in [0.15, 0.2) is 22.9 Å². The third kappa shape index (κ3) is 2.12. The van der Waals surface area contributed by atoms with Gasteiger partial charge in [-0.2, -0.15) is 0 Å². The molecular formula is C15H15N3O3. The van der Waals surface area contributed by atoms with E-state index < -0.39 is 72.5 Å². The van der Waals surface area contributed by atoms with Crippen molar-refractivity contribution >= 4 is 28.2 Å². The van der Waals surface area contributed by atoms with E-state index in [0.717, 1.165) is 4.57 Å². The zero-order valence-corrected chi connectivity index (χ0v) is 10.8. The highest BCUT2D eigenvalue weighted by atomic mass is 16.2. The molecule has 0 bridgehead atoms. The first-order chi connectivity index (χ1) is 12.6. The lowest BCUT2D eigenvalue weighted by Gasteiger charge is -2.24. The maximum atomic E-state index is 13.1. The average molecular weight is 291 g/mol. The van der Waals surface area contributed by atoms with Gasteiger partial charge in [-0.1, -0.05) is 6.04 Å². The second kappa shape index (κ2) is 4.80. The molecule has 108 valence electrons. The Morgan fingerprint density at radius 1 is 1.48 bits per heavy atom. The normalized spacial score (nSPS) is 26.9. The lowest BCUT2D eigenvalue weighted by Crippen LogP contribution is -2.36. The molecule has 0 amide bonds. The third-order valence-electron chi connectivity index (χ3n) is 3.39. The van der Waals surface area contributed by atoms with Crippen molar-refractivity contribution in [2.24, 2.45) is 0 Å². The van der Waals surface area contributed by atoms with Gasteiger partial charge in [0.2, 0.25) is 0 Å². The van der Waals surface area contributed by atoms with Crippen LogP contribution in [0.4, 0.5) is 5.69 Å². The minimum Gasteiger partial charge on any atom is -0.398 e. The summed E-state index contributed by atoms with van der Waals surface area (Å²) in [5, 5.41) is -0.350. The van der Waals surface area contributed by atoms with Crippen molar-refractivity contribution < 1.29 is 17.8 Å². The summed E-state index contributed by atoms with van der Waals surface area (Å²) in [6, 6.07) is -2.89. The first-order valence-electron chi connectivity index (χ1n) is 9.43. The van der Waals surface area contributed by atoms with Crippen molar-refractivity contribution in [2.45, 2.75) is 32.2 Å². The molecule has 6 nitrogen and oxygen atoms in total. The smallest absolute Gasteiger partial charge is 0.264 e. The van der Waals surface area contributed by atoms with Crippen LogP contribution in [0.1, 0.15) is 39.3 Å². The number of hydrogen-bond acceptors (Lipinski definition) is 5. The number of nitrogens with zero attached hydrogens (tertiary/aromatic N) is 2. The molecule has 2 unspecified atom stereocenters. The van der Waals surface area contributed by atoms with Crippen molar-refractivity contribution in [2.75, 3.05) is 5.73 Å². The maximum Gasteiger partial charge on any atom is 0.264 e. The highest BCUT2D eigenvalue weighted by molar-refractivity contribution is 6.03. The summed E-state index contributed by atoms with van der Waals surface area (Å²) >= 11 is 0. The predicted molar refractivity (Wildman–Crippen MR) is 78.1 cm³/mol. The number of nitrogens with two attached hydrogens (primary N) is 1. The Morgan fingerprint density at radius 2 is 2.29 bits per heavy atom. The van der Waals surface area contributed by atoms with Gasteiger partial charge in [0.25, 0.3) is 5.56 Å². The van der Waals surface area contributed by atoms with Crippen molar-refractivity contribution in [3.8, 4) is 0 Å². The zero-order chi connectivity index (χ0) is 20.2. The number of Topliss-reactive ketones (excluding diaryl/α,β-unsaturated/α-hetero) is 2. The number of fused-ring (bicyclic) bond motifs is 1. The molecular weight excluding hydrogens is 270 g/mol. The average Bonchev–Trinajstić information content (AvgIpc) is 2.60. The Hall–Kier alpha value is -2.50. The number of ketones is 2. The number of carbonyl (C=O) groups is 2. The molecule has 1 aliphatic carbocycles. The number of aromatic nitrogens is 2. The lowest BCUT2D eigenvalue weighted by molar-refractivity contribution is -0.132. The van der Waals surface area contributed by atoms with E-state index in [1.807, 2.05) is 0 Å². The van der Waals surface area contributed by atoms with Gasteiger partial charge in [-0.15, -0.1) is 0 Å². The van der Waals surface area contributed by atoms with Gasteiger partial charge in [-0.25, -0.2) is 4.98 Å². The van der Waals surface area contributed by atoms with Crippen LogP contribution in [0.25, 0.3) is 10.9 Å². The van der Waals surface area contributed by atoms with Crippen LogP contribution < -0.4 is 11.3 Å². The molecule has 6 heteroatoms. The van der Waals surface area contributed by atoms with Gasteiger partial charge in [0.05, 0.1) is 27.5 Å². The summed E-state index contributed by atoms with van der Waals surface area (Å²) in [5.74, 6) is -1.66. The number of nitrogen functional groups attached to an aromatic ring is 1. The SMILES string of the molecule is [2H]c1c([2H])c(N)c2c(=O)n(C3CC([2H])C(=O)CC3=O)c(C([2H])[2H])nc2c1[2H]. The van der Waals surface area contributed by atoms with Gasteiger partial charge in [-0.05, 0) is 25.4 Å². The van der Waals surface area contributed by atoms with Crippen molar-refractivity contribution in [1.82, 2.24) is 9.55 Å². The molecule has 1 fully saturated rings.